The van der Waals surface area contributed by atoms with Crippen LogP contribution in [-0.4, -0.2) is 102 Å². The minimum Gasteiger partial charge on any atom is -0.394 e. The minimum absolute atomic E-state index is 0.0248. The van der Waals surface area contributed by atoms with E-state index in [-0.39, 0.29) is 85.8 Å². The van der Waals surface area contributed by atoms with Gasteiger partial charge in [-0.05, 0) is 67.4 Å². The Hall–Kier alpha value is -1.14. The second-order valence-electron chi connectivity index (χ2n) is 16.6. The smallest absolute Gasteiger partial charge is 0.172 e. The molecule has 0 aromatic carbocycles. The maximum Gasteiger partial charge on any atom is 0.172 e. The van der Waals surface area contributed by atoms with E-state index in [1.807, 2.05) is 6.08 Å². The summed E-state index contributed by atoms with van der Waals surface area (Å²) in [7, 11) is 0. The van der Waals surface area contributed by atoms with Crippen molar-refractivity contribution in [1.82, 2.24) is 0 Å². The standard InChI is InChI=1S/C40H62O9/c1-8-10-31-25(7)36-38-39(46-31)37-35(47-38)19-40(48-36,49-37)14-13-28-16-22(4)30(43-28)12-11-27-15-21(3)23(5)33(44-27)18-34-29(9-2)24(6)32(45-34)17-26(42)20-41/h8,21,24-39,41-42H,1,4-5,9-20H2,2-3,6-7H3/t21-,24-,25+,26+,27+,28+,29-,30?,31+,32-,33?,34+,35-,36?,37+,38+,39+,40-/m1/s1. The molecule has 9 heteroatoms. The zero-order valence-corrected chi connectivity index (χ0v) is 30.3. The summed E-state index contributed by atoms with van der Waals surface area (Å²) < 4.78 is 46.5. The van der Waals surface area contributed by atoms with Crippen molar-refractivity contribution in [2.45, 2.75) is 183 Å². The van der Waals surface area contributed by atoms with E-state index in [9.17, 15) is 10.2 Å². The van der Waals surface area contributed by atoms with Crippen molar-refractivity contribution >= 4 is 0 Å². The van der Waals surface area contributed by atoms with Gasteiger partial charge in [0.1, 0.15) is 18.3 Å². The van der Waals surface area contributed by atoms with Crippen LogP contribution in [0.25, 0.3) is 0 Å². The van der Waals surface area contributed by atoms with Crippen molar-refractivity contribution in [3.8, 4) is 0 Å². The van der Waals surface area contributed by atoms with Crippen LogP contribution in [0.1, 0.15) is 98.3 Å². The molecular weight excluding hydrogens is 624 g/mol. The molecule has 0 aliphatic carbocycles. The van der Waals surface area contributed by atoms with Crippen LogP contribution in [0, 0.1) is 23.7 Å². The van der Waals surface area contributed by atoms with Crippen LogP contribution in [0.2, 0.25) is 0 Å². The Kier molecular flexibility index (Phi) is 10.9. The predicted octanol–water partition coefficient (Wildman–Crippen LogP) is 5.80. The highest BCUT2D eigenvalue weighted by Gasteiger charge is 2.67. The molecule has 8 fully saturated rings. The second kappa shape index (κ2) is 14.7. The first-order valence-corrected chi connectivity index (χ1v) is 19.4. The lowest BCUT2D eigenvalue weighted by molar-refractivity contribution is -0.262. The summed E-state index contributed by atoms with van der Waals surface area (Å²) in [4.78, 5) is 0. The average molecular weight is 687 g/mol. The Bertz CT molecular complexity index is 1210. The topological polar surface area (TPSA) is 105 Å². The Morgan fingerprint density at radius 2 is 1.61 bits per heavy atom. The molecule has 2 N–H and O–H groups in total. The van der Waals surface area contributed by atoms with Crippen molar-refractivity contribution in [1.29, 1.82) is 0 Å². The van der Waals surface area contributed by atoms with Gasteiger partial charge in [0.05, 0.1) is 67.6 Å². The van der Waals surface area contributed by atoms with Crippen LogP contribution in [0.3, 0.4) is 0 Å². The third kappa shape index (κ3) is 7.03. The molecule has 0 spiro atoms. The Balaban J connectivity index is 0.908. The van der Waals surface area contributed by atoms with Gasteiger partial charge in [0.25, 0.3) is 0 Å². The molecule has 49 heavy (non-hydrogen) atoms. The molecule has 8 aliphatic heterocycles. The van der Waals surface area contributed by atoms with Gasteiger partial charge in [0, 0.05) is 31.6 Å². The summed E-state index contributed by atoms with van der Waals surface area (Å²) in [6.07, 6.45) is 10.3. The van der Waals surface area contributed by atoms with E-state index < -0.39 is 11.9 Å². The largest absolute Gasteiger partial charge is 0.394 e. The van der Waals surface area contributed by atoms with E-state index in [4.69, 9.17) is 33.2 Å². The van der Waals surface area contributed by atoms with Crippen molar-refractivity contribution < 1.29 is 43.4 Å². The van der Waals surface area contributed by atoms with Crippen molar-refractivity contribution in [3.05, 3.63) is 37.0 Å². The van der Waals surface area contributed by atoms with Gasteiger partial charge in [-0.3, -0.25) is 0 Å². The Labute approximate surface area is 293 Å². The second-order valence-corrected chi connectivity index (χ2v) is 16.6. The number of aliphatic hydroxyl groups is 2. The summed E-state index contributed by atoms with van der Waals surface area (Å²) >= 11 is 0. The lowest BCUT2D eigenvalue weighted by atomic mass is 9.80. The van der Waals surface area contributed by atoms with E-state index in [1.165, 1.54) is 5.57 Å². The van der Waals surface area contributed by atoms with E-state index in [0.29, 0.717) is 24.2 Å². The molecule has 8 saturated heterocycles. The zero-order chi connectivity index (χ0) is 34.6. The third-order valence-electron chi connectivity index (χ3n) is 13.4. The number of aliphatic hydroxyl groups excluding tert-OH is 2. The van der Waals surface area contributed by atoms with Gasteiger partial charge in [-0.1, -0.05) is 53.3 Å². The summed E-state index contributed by atoms with van der Waals surface area (Å²) in [6.45, 7) is 21.5. The molecule has 0 aromatic heterocycles. The molecular formula is C40H62O9. The quantitative estimate of drug-likeness (QED) is 0.219. The van der Waals surface area contributed by atoms with Crippen molar-refractivity contribution in [2.75, 3.05) is 6.61 Å². The van der Waals surface area contributed by atoms with Crippen molar-refractivity contribution in [3.63, 3.8) is 0 Å². The summed E-state index contributed by atoms with van der Waals surface area (Å²) in [5.41, 5.74) is 2.33. The van der Waals surface area contributed by atoms with Gasteiger partial charge in [0.15, 0.2) is 5.79 Å². The van der Waals surface area contributed by atoms with Gasteiger partial charge < -0.3 is 43.4 Å². The molecule has 0 amide bonds. The van der Waals surface area contributed by atoms with E-state index in [1.54, 1.807) is 0 Å². The van der Waals surface area contributed by atoms with Crippen LogP contribution >= 0.6 is 0 Å². The zero-order valence-electron chi connectivity index (χ0n) is 30.3. The molecule has 0 aromatic rings. The monoisotopic (exact) mass is 686 g/mol. The lowest BCUT2D eigenvalue weighted by Gasteiger charge is -2.42. The van der Waals surface area contributed by atoms with Gasteiger partial charge in [-0.2, -0.15) is 0 Å². The highest BCUT2D eigenvalue weighted by Crippen LogP contribution is 2.54. The van der Waals surface area contributed by atoms with Crippen LogP contribution in [-0.2, 0) is 33.2 Å². The fourth-order valence-corrected chi connectivity index (χ4v) is 10.4. The van der Waals surface area contributed by atoms with E-state index in [2.05, 4.69) is 47.4 Å². The average Bonchev–Trinajstić information content (AvgIpc) is 3.74. The third-order valence-corrected chi connectivity index (χ3v) is 13.4. The number of rotatable bonds is 14. The minimum atomic E-state index is -0.747. The molecule has 8 aliphatic rings. The van der Waals surface area contributed by atoms with Crippen molar-refractivity contribution in [2.24, 2.45) is 23.7 Å². The highest BCUT2D eigenvalue weighted by molar-refractivity contribution is 5.14. The summed E-state index contributed by atoms with van der Waals surface area (Å²) in [6, 6.07) is 0. The molecule has 18 atom stereocenters. The van der Waals surface area contributed by atoms with Gasteiger partial charge in [-0.25, -0.2) is 0 Å². The molecule has 8 rings (SSSR count). The first-order valence-electron chi connectivity index (χ1n) is 19.4. The highest BCUT2D eigenvalue weighted by atomic mass is 16.8. The fourth-order valence-electron chi connectivity index (χ4n) is 10.4. The van der Waals surface area contributed by atoms with Gasteiger partial charge in [-0.15, -0.1) is 6.58 Å². The van der Waals surface area contributed by atoms with Gasteiger partial charge in [0.2, 0.25) is 0 Å². The molecule has 9 nitrogen and oxygen atoms in total. The normalized spacial score (nSPS) is 49.5. The Morgan fingerprint density at radius 1 is 0.857 bits per heavy atom. The fraction of sp³-hybridized carbons (Fsp3) is 0.850. The molecule has 8 heterocycles. The van der Waals surface area contributed by atoms with Crippen LogP contribution in [0.5, 0.6) is 0 Å². The molecule has 0 radical (unpaired) electrons. The van der Waals surface area contributed by atoms with Crippen LogP contribution in [0.15, 0.2) is 37.0 Å². The SMILES string of the molecule is C=CC[C@@H]1O[C@H]2[C@H]3O[C@]4(CC[C@H]5CC(=C)C(CC[C@H]6C[C@@H](C)C(=C)C(C[C@@H]7O[C@H](C[C@H](O)CO)[C@H](C)[C@H]7CC)O6)O5)C[C@H]3O[C@H]2C(O4)[C@H]1C. The van der Waals surface area contributed by atoms with E-state index >= 15 is 0 Å². The number of hydrogen-bond acceptors (Lipinski definition) is 9. The maximum atomic E-state index is 10.1. The van der Waals surface area contributed by atoms with Crippen LogP contribution < -0.4 is 0 Å². The first kappa shape index (κ1) is 36.2. The number of ether oxygens (including phenoxy) is 7. The number of hydrogen-bond donors (Lipinski definition) is 2. The molecule has 6 bridgehead atoms. The molecule has 3 unspecified atom stereocenters. The molecule has 276 valence electrons. The maximum absolute atomic E-state index is 10.1. The summed E-state index contributed by atoms with van der Waals surface area (Å²) in [5.74, 6) is 0.644. The summed E-state index contributed by atoms with van der Waals surface area (Å²) in [5, 5.41) is 19.5. The first-order chi connectivity index (χ1) is 23.5. The predicted molar refractivity (Wildman–Crippen MR) is 185 cm³/mol. The van der Waals surface area contributed by atoms with Crippen LogP contribution in [0.4, 0.5) is 0 Å². The molecule has 0 saturated carbocycles. The Morgan fingerprint density at radius 3 is 2.37 bits per heavy atom. The van der Waals surface area contributed by atoms with Gasteiger partial charge >= 0.3 is 0 Å². The lowest BCUT2D eigenvalue weighted by Crippen LogP contribution is -2.54. The van der Waals surface area contributed by atoms with E-state index in [0.717, 1.165) is 69.8 Å².